The molecule has 0 radical (unpaired) electrons. The van der Waals surface area contributed by atoms with Gasteiger partial charge in [0.2, 0.25) is 0 Å². The topological polar surface area (TPSA) is 93.5 Å². The first-order valence-electron chi connectivity index (χ1n) is 8.51. The van der Waals surface area contributed by atoms with Crippen LogP contribution in [0.3, 0.4) is 0 Å². The predicted octanol–water partition coefficient (Wildman–Crippen LogP) is 2.35. The second kappa shape index (κ2) is 7.79. The Labute approximate surface area is 156 Å². The van der Waals surface area contributed by atoms with Gasteiger partial charge in [-0.15, -0.1) is 0 Å². The van der Waals surface area contributed by atoms with Crippen LogP contribution in [0.4, 0.5) is 0 Å². The third kappa shape index (κ3) is 3.85. The zero-order valence-electron chi connectivity index (χ0n) is 14.8. The molecule has 4 rings (SSSR count). The highest BCUT2D eigenvalue weighted by molar-refractivity contribution is 5.64. The van der Waals surface area contributed by atoms with E-state index in [2.05, 4.69) is 30.6 Å². The highest BCUT2D eigenvalue weighted by atomic mass is 16.5. The molecule has 0 spiro atoms. The van der Waals surface area contributed by atoms with Crippen LogP contribution in [-0.2, 0) is 13.1 Å². The quantitative estimate of drug-likeness (QED) is 0.525. The van der Waals surface area contributed by atoms with E-state index in [9.17, 15) is 0 Å². The SMILES string of the molecule is COc1cccc(-c2[nH]ncc2CNCc2ccc(-n3cncn3)nc2)c1. The second-order valence-corrected chi connectivity index (χ2v) is 5.97. The standard InChI is InChI=1S/C19H19N7O/c1-27-17-4-2-3-15(7-17)19-16(11-23-25-19)10-20-8-14-5-6-18(22-9-14)26-13-21-12-24-26/h2-7,9,11-13,20H,8,10H2,1H3,(H,23,25). The number of H-pyrrole nitrogens is 1. The van der Waals surface area contributed by atoms with Crippen LogP contribution in [-0.4, -0.2) is 37.1 Å². The monoisotopic (exact) mass is 361 g/mol. The normalized spacial score (nSPS) is 10.9. The first kappa shape index (κ1) is 16.9. The van der Waals surface area contributed by atoms with Crippen molar-refractivity contribution in [3.05, 3.63) is 72.6 Å². The molecule has 8 heteroatoms. The summed E-state index contributed by atoms with van der Waals surface area (Å²) in [6.07, 6.45) is 6.79. The summed E-state index contributed by atoms with van der Waals surface area (Å²) in [7, 11) is 1.66. The molecule has 3 aromatic heterocycles. The molecule has 136 valence electrons. The summed E-state index contributed by atoms with van der Waals surface area (Å²) in [5.74, 6) is 1.56. The molecular formula is C19H19N7O. The Morgan fingerprint density at radius 3 is 2.89 bits per heavy atom. The number of hydrogen-bond acceptors (Lipinski definition) is 6. The third-order valence-corrected chi connectivity index (χ3v) is 4.18. The zero-order valence-corrected chi connectivity index (χ0v) is 14.8. The van der Waals surface area contributed by atoms with E-state index in [1.807, 2.05) is 48.8 Å². The molecule has 0 fully saturated rings. The van der Waals surface area contributed by atoms with E-state index in [4.69, 9.17) is 4.74 Å². The summed E-state index contributed by atoms with van der Waals surface area (Å²) < 4.78 is 6.93. The number of pyridine rings is 1. The van der Waals surface area contributed by atoms with Crippen LogP contribution in [0.25, 0.3) is 17.1 Å². The Hall–Kier alpha value is -3.52. The van der Waals surface area contributed by atoms with Gasteiger partial charge in [-0.25, -0.2) is 14.6 Å². The lowest BCUT2D eigenvalue weighted by Crippen LogP contribution is -2.13. The molecule has 8 nitrogen and oxygen atoms in total. The summed E-state index contributed by atoms with van der Waals surface area (Å²) in [5.41, 5.74) is 4.21. The molecule has 0 bridgehead atoms. The van der Waals surface area contributed by atoms with Gasteiger partial charge in [-0.2, -0.15) is 10.2 Å². The first-order valence-corrected chi connectivity index (χ1v) is 8.51. The van der Waals surface area contributed by atoms with Gasteiger partial charge in [0.15, 0.2) is 5.82 Å². The van der Waals surface area contributed by atoms with Crippen molar-refractivity contribution in [1.82, 2.24) is 35.3 Å². The minimum absolute atomic E-state index is 0.688. The number of ether oxygens (including phenoxy) is 1. The van der Waals surface area contributed by atoms with Crippen molar-refractivity contribution in [2.24, 2.45) is 0 Å². The maximum absolute atomic E-state index is 5.30. The molecule has 1 aromatic carbocycles. The molecule has 0 atom stereocenters. The van der Waals surface area contributed by atoms with Crippen LogP contribution in [0.2, 0.25) is 0 Å². The number of aromatic amines is 1. The van der Waals surface area contributed by atoms with Gasteiger partial charge in [0.1, 0.15) is 18.4 Å². The molecule has 0 aliphatic rings. The van der Waals surface area contributed by atoms with Crippen LogP contribution in [0, 0.1) is 0 Å². The number of methoxy groups -OCH3 is 1. The first-order chi connectivity index (χ1) is 13.3. The summed E-state index contributed by atoms with van der Waals surface area (Å²) in [6, 6.07) is 11.9. The number of rotatable bonds is 7. The molecule has 0 amide bonds. The van der Waals surface area contributed by atoms with E-state index in [0.717, 1.165) is 34.0 Å². The van der Waals surface area contributed by atoms with Gasteiger partial charge in [-0.05, 0) is 23.8 Å². The third-order valence-electron chi connectivity index (χ3n) is 4.18. The van der Waals surface area contributed by atoms with Crippen LogP contribution in [0.5, 0.6) is 5.75 Å². The van der Waals surface area contributed by atoms with Gasteiger partial charge >= 0.3 is 0 Å². The fraction of sp³-hybridized carbons (Fsp3) is 0.158. The maximum atomic E-state index is 5.30. The summed E-state index contributed by atoms with van der Waals surface area (Å²) in [4.78, 5) is 8.33. The number of hydrogen-bond donors (Lipinski definition) is 2. The van der Waals surface area contributed by atoms with E-state index in [1.54, 1.807) is 18.1 Å². The van der Waals surface area contributed by atoms with Gasteiger partial charge in [-0.1, -0.05) is 18.2 Å². The Bertz CT molecular complexity index is 993. The lowest BCUT2D eigenvalue weighted by molar-refractivity contribution is 0.415. The van der Waals surface area contributed by atoms with Crippen molar-refractivity contribution in [2.75, 3.05) is 7.11 Å². The lowest BCUT2D eigenvalue weighted by atomic mass is 10.1. The van der Waals surface area contributed by atoms with Crippen LogP contribution >= 0.6 is 0 Å². The summed E-state index contributed by atoms with van der Waals surface area (Å²) >= 11 is 0. The predicted molar refractivity (Wildman–Crippen MR) is 100 cm³/mol. The molecule has 2 N–H and O–H groups in total. The molecule has 0 saturated heterocycles. The Kier molecular flexibility index (Phi) is 4.88. The number of aromatic nitrogens is 6. The van der Waals surface area contributed by atoms with Crippen molar-refractivity contribution >= 4 is 0 Å². The molecule has 4 aromatic rings. The molecule has 0 aliphatic carbocycles. The van der Waals surface area contributed by atoms with Crippen molar-refractivity contribution in [3.8, 4) is 22.8 Å². The largest absolute Gasteiger partial charge is 0.497 e. The fourth-order valence-electron chi connectivity index (χ4n) is 2.80. The Morgan fingerprint density at radius 2 is 2.11 bits per heavy atom. The lowest BCUT2D eigenvalue weighted by Gasteiger charge is -2.08. The van der Waals surface area contributed by atoms with Gasteiger partial charge in [0.25, 0.3) is 0 Å². The summed E-state index contributed by atoms with van der Waals surface area (Å²) in [5, 5.41) is 14.8. The van der Waals surface area contributed by atoms with Gasteiger partial charge in [0, 0.05) is 30.4 Å². The second-order valence-electron chi connectivity index (χ2n) is 5.97. The average Bonchev–Trinajstić information content (AvgIpc) is 3.41. The Balaban J connectivity index is 1.39. The van der Waals surface area contributed by atoms with E-state index in [1.165, 1.54) is 6.33 Å². The molecule has 0 unspecified atom stereocenters. The molecule has 27 heavy (non-hydrogen) atoms. The van der Waals surface area contributed by atoms with Gasteiger partial charge in [-0.3, -0.25) is 5.10 Å². The van der Waals surface area contributed by atoms with Gasteiger partial charge in [0.05, 0.1) is 19.0 Å². The number of benzene rings is 1. The van der Waals surface area contributed by atoms with E-state index < -0.39 is 0 Å². The van der Waals surface area contributed by atoms with Crippen molar-refractivity contribution in [3.63, 3.8) is 0 Å². The van der Waals surface area contributed by atoms with Crippen molar-refractivity contribution < 1.29 is 4.74 Å². The fourth-order valence-corrected chi connectivity index (χ4v) is 2.80. The average molecular weight is 361 g/mol. The Morgan fingerprint density at radius 1 is 1.15 bits per heavy atom. The molecule has 0 saturated carbocycles. The molecular weight excluding hydrogens is 342 g/mol. The van der Waals surface area contributed by atoms with Crippen molar-refractivity contribution in [1.29, 1.82) is 0 Å². The number of nitrogens with one attached hydrogen (secondary N) is 2. The minimum atomic E-state index is 0.688. The number of nitrogens with zero attached hydrogens (tertiary/aromatic N) is 5. The maximum Gasteiger partial charge on any atom is 0.155 e. The van der Waals surface area contributed by atoms with Crippen LogP contribution < -0.4 is 10.1 Å². The minimum Gasteiger partial charge on any atom is -0.497 e. The highest BCUT2D eigenvalue weighted by Gasteiger charge is 2.08. The van der Waals surface area contributed by atoms with E-state index in [-0.39, 0.29) is 0 Å². The smallest absolute Gasteiger partial charge is 0.155 e. The van der Waals surface area contributed by atoms with Crippen molar-refractivity contribution in [2.45, 2.75) is 13.1 Å². The van der Waals surface area contributed by atoms with Crippen LogP contribution in [0.15, 0.2) is 61.4 Å². The van der Waals surface area contributed by atoms with Crippen LogP contribution in [0.1, 0.15) is 11.1 Å². The van der Waals surface area contributed by atoms with E-state index in [0.29, 0.717) is 13.1 Å². The molecule has 3 heterocycles. The van der Waals surface area contributed by atoms with Gasteiger partial charge < -0.3 is 10.1 Å². The zero-order chi connectivity index (χ0) is 18.5. The molecule has 0 aliphatic heterocycles. The van der Waals surface area contributed by atoms with E-state index >= 15 is 0 Å². The summed E-state index contributed by atoms with van der Waals surface area (Å²) in [6.45, 7) is 1.39. The highest BCUT2D eigenvalue weighted by Crippen LogP contribution is 2.24.